The highest BCUT2D eigenvalue weighted by atomic mass is 19.4. The number of nitrogens with zero attached hydrogens (tertiary/aromatic N) is 3. The lowest BCUT2D eigenvalue weighted by molar-refractivity contribution is -0.138. The molecule has 1 amide bonds. The summed E-state index contributed by atoms with van der Waals surface area (Å²) in [6.45, 7) is 1.54. The molecule has 0 aliphatic carbocycles. The zero-order valence-corrected chi connectivity index (χ0v) is 13.7. The Morgan fingerprint density at radius 2 is 1.67 bits per heavy atom. The molecule has 5 nitrogen and oxygen atoms in total. The molecule has 27 heavy (non-hydrogen) atoms. The fourth-order valence-corrected chi connectivity index (χ4v) is 2.36. The Morgan fingerprint density at radius 3 is 2.22 bits per heavy atom. The first-order valence-electron chi connectivity index (χ1n) is 7.53. The monoisotopic (exact) mass is 382 g/mol. The van der Waals surface area contributed by atoms with Crippen molar-refractivity contribution >= 4 is 11.9 Å². The Hall–Kier alpha value is -3.30. The molecule has 0 spiro atoms. The molecule has 0 saturated heterocycles. The number of anilines is 1. The van der Waals surface area contributed by atoms with Crippen LogP contribution >= 0.6 is 0 Å². The number of alkyl halides is 3. The van der Waals surface area contributed by atoms with Crippen molar-refractivity contribution in [1.29, 1.82) is 0 Å². The van der Waals surface area contributed by atoms with Gasteiger partial charge in [-0.05, 0) is 31.2 Å². The van der Waals surface area contributed by atoms with Crippen LogP contribution in [0, 0.1) is 18.6 Å². The van der Waals surface area contributed by atoms with E-state index in [0.717, 1.165) is 0 Å². The molecule has 2 aromatic carbocycles. The first-order valence-corrected chi connectivity index (χ1v) is 7.53. The summed E-state index contributed by atoms with van der Waals surface area (Å²) in [7, 11) is 0. The maximum atomic E-state index is 14.0. The molecule has 3 rings (SSSR count). The first-order chi connectivity index (χ1) is 12.7. The molecule has 3 aromatic rings. The minimum atomic E-state index is -4.94. The van der Waals surface area contributed by atoms with E-state index >= 15 is 0 Å². The van der Waals surface area contributed by atoms with Crippen LogP contribution in [0.5, 0.6) is 0 Å². The fraction of sp³-hybridized carbons (Fsp3) is 0.118. The summed E-state index contributed by atoms with van der Waals surface area (Å²) in [4.78, 5) is 16.2. The molecule has 0 aliphatic rings. The third kappa shape index (κ3) is 3.78. The highest BCUT2D eigenvalue weighted by molar-refractivity contribution is 6.04. The molecule has 0 radical (unpaired) electrons. The van der Waals surface area contributed by atoms with Gasteiger partial charge in [0.05, 0.1) is 11.3 Å². The highest BCUT2D eigenvalue weighted by Gasteiger charge is 2.33. The standard InChI is InChI=1S/C17H11F5N4O/c1-9-23-16(26(25-9)11-5-3-2-4-6-11)24-15(27)14-12(18)7-10(8-13(14)19)17(20,21)22/h2-8H,1H3,(H,23,24,25,27). The van der Waals surface area contributed by atoms with Crippen molar-refractivity contribution < 1.29 is 26.7 Å². The summed E-state index contributed by atoms with van der Waals surface area (Å²) in [5.74, 6) is -4.43. The van der Waals surface area contributed by atoms with Crippen molar-refractivity contribution in [3.8, 4) is 5.69 Å². The van der Waals surface area contributed by atoms with Gasteiger partial charge in [-0.1, -0.05) is 18.2 Å². The number of hydrogen-bond donors (Lipinski definition) is 1. The van der Waals surface area contributed by atoms with E-state index in [9.17, 15) is 26.7 Å². The molecular weight excluding hydrogens is 371 g/mol. The second-order valence-electron chi connectivity index (χ2n) is 5.50. The van der Waals surface area contributed by atoms with Crippen LogP contribution < -0.4 is 5.32 Å². The van der Waals surface area contributed by atoms with Crippen molar-refractivity contribution in [2.45, 2.75) is 13.1 Å². The summed E-state index contributed by atoms with van der Waals surface area (Å²) in [6.07, 6.45) is -4.94. The van der Waals surface area contributed by atoms with Crippen LogP contribution in [0.25, 0.3) is 5.69 Å². The number of carbonyl (C=O) groups is 1. The first kappa shape index (κ1) is 18.5. The summed E-state index contributed by atoms with van der Waals surface area (Å²) in [6, 6.07) is 8.58. The van der Waals surface area contributed by atoms with Gasteiger partial charge in [0, 0.05) is 0 Å². The third-order valence-corrected chi connectivity index (χ3v) is 3.54. The largest absolute Gasteiger partial charge is 0.416 e. The Morgan fingerprint density at radius 1 is 1.07 bits per heavy atom. The second-order valence-corrected chi connectivity index (χ2v) is 5.50. The summed E-state index contributed by atoms with van der Waals surface area (Å²) in [5, 5.41) is 6.25. The number of rotatable bonds is 3. The van der Waals surface area contributed by atoms with Crippen LogP contribution in [0.1, 0.15) is 21.7 Å². The molecule has 0 saturated carbocycles. The average molecular weight is 382 g/mol. The normalized spacial score (nSPS) is 11.5. The number of aryl methyl sites for hydroxylation is 1. The molecule has 140 valence electrons. The molecule has 0 aliphatic heterocycles. The predicted octanol–water partition coefficient (Wildman–Crippen LogP) is 4.13. The van der Waals surface area contributed by atoms with Gasteiger partial charge in [-0.2, -0.15) is 22.8 Å². The molecule has 1 heterocycles. The van der Waals surface area contributed by atoms with Crippen LogP contribution in [-0.4, -0.2) is 20.7 Å². The lowest BCUT2D eigenvalue weighted by Gasteiger charge is -2.11. The van der Waals surface area contributed by atoms with E-state index in [1.165, 1.54) is 11.6 Å². The lowest BCUT2D eigenvalue weighted by Crippen LogP contribution is -2.20. The van der Waals surface area contributed by atoms with Crippen molar-refractivity contribution in [3.05, 3.63) is 71.1 Å². The van der Waals surface area contributed by atoms with Gasteiger partial charge in [-0.25, -0.2) is 8.78 Å². The van der Waals surface area contributed by atoms with Gasteiger partial charge >= 0.3 is 6.18 Å². The molecule has 1 aromatic heterocycles. The van der Waals surface area contributed by atoms with E-state index in [1.54, 1.807) is 30.3 Å². The van der Waals surface area contributed by atoms with E-state index in [4.69, 9.17) is 0 Å². The Bertz CT molecular complexity index is 975. The predicted molar refractivity (Wildman–Crippen MR) is 85.4 cm³/mol. The topological polar surface area (TPSA) is 59.8 Å². The highest BCUT2D eigenvalue weighted by Crippen LogP contribution is 2.31. The number of amides is 1. The molecule has 0 unspecified atom stereocenters. The molecule has 1 N–H and O–H groups in total. The molecule has 10 heteroatoms. The van der Waals surface area contributed by atoms with E-state index in [1.807, 2.05) is 0 Å². The zero-order valence-electron chi connectivity index (χ0n) is 13.7. The maximum Gasteiger partial charge on any atom is 0.416 e. The average Bonchev–Trinajstić information content (AvgIpc) is 2.94. The van der Waals surface area contributed by atoms with Crippen LogP contribution in [0.3, 0.4) is 0 Å². The van der Waals surface area contributed by atoms with Gasteiger partial charge < -0.3 is 0 Å². The molecule has 0 fully saturated rings. The fourth-order valence-electron chi connectivity index (χ4n) is 2.36. The Labute approximate surface area is 149 Å². The van der Waals surface area contributed by atoms with Gasteiger partial charge in [0.2, 0.25) is 5.95 Å². The summed E-state index contributed by atoms with van der Waals surface area (Å²) < 4.78 is 67.0. The van der Waals surface area contributed by atoms with E-state index in [0.29, 0.717) is 5.69 Å². The van der Waals surface area contributed by atoms with Crippen LogP contribution in [0.15, 0.2) is 42.5 Å². The van der Waals surface area contributed by atoms with Crippen LogP contribution in [0.4, 0.5) is 27.9 Å². The summed E-state index contributed by atoms with van der Waals surface area (Å²) in [5.41, 5.74) is -2.16. The quantitative estimate of drug-likeness (QED) is 0.693. The number of aromatic nitrogens is 3. The minimum Gasteiger partial charge on any atom is -0.290 e. The van der Waals surface area contributed by atoms with Gasteiger partial charge in [0.15, 0.2) is 0 Å². The van der Waals surface area contributed by atoms with Crippen molar-refractivity contribution in [1.82, 2.24) is 14.8 Å². The number of hydrogen-bond acceptors (Lipinski definition) is 3. The molecular formula is C17H11F5N4O. The van der Waals surface area contributed by atoms with E-state index in [-0.39, 0.29) is 23.9 Å². The Balaban J connectivity index is 1.96. The number of halogens is 5. The smallest absolute Gasteiger partial charge is 0.290 e. The Kier molecular flexibility index (Phi) is 4.64. The lowest BCUT2D eigenvalue weighted by atomic mass is 10.1. The number of carbonyl (C=O) groups excluding carboxylic acids is 1. The number of para-hydroxylation sites is 1. The van der Waals surface area contributed by atoms with Crippen LogP contribution in [-0.2, 0) is 6.18 Å². The molecule has 0 atom stereocenters. The SMILES string of the molecule is Cc1nc(NC(=O)c2c(F)cc(C(F)(F)F)cc2F)n(-c2ccccc2)n1. The van der Waals surface area contributed by atoms with Gasteiger partial charge in [0.25, 0.3) is 5.91 Å². The number of benzene rings is 2. The van der Waals surface area contributed by atoms with Gasteiger partial charge in [0.1, 0.15) is 23.0 Å². The van der Waals surface area contributed by atoms with Crippen molar-refractivity contribution in [3.63, 3.8) is 0 Å². The minimum absolute atomic E-state index is 0.0607. The third-order valence-electron chi connectivity index (χ3n) is 3.54. The summed E-state index contributed by atoms with van der Waals surface area (Å²) >= 11 is 0. The van der Waals surface area contributed by atoms with Crippen LogP contribution in [0.2, 0.25) is 0 Å². The van der Waals surface area contributed by atoms with Gasteiger partial charge in [-0.15, -0.1) is 5.10 Å². The zero-order chi connectivity index (χ0) is 19.8. The van der Waals surface area contributed by atoms with E-state index in [2.05, 4.69) is 15.4 Å². The second kappa shape index (κ2) is 6.78. The molecule has 0 bridgehead atoms. The van der Waals surface area contributed by atoms with E-state index < -0.39 is 34.8 Å². The van der Waals surface area contributed by atoms with Crippen molar-refractivity contribution in [2.24, 2.45) is 0 Å². The van der Waals surface area contributed by atoms with Gasteiger partial charge in [-0.3, -0.25) is 10.1 Å². The van der Waals surface area contributed by atoms with Crippen molar-refractivity contribution in [2.75, 3.05) is 5.32 Å². The maximum absolute atomic E-state index is 14.0. The number of nitrogens with one attached hydrogen (secondary N) is 1.